The molecule has 0 radical (unpaired) electrons. The van der Waals surface area contributed by atoms with Crippen LogP contribution in [0.1, 0.15) is 42.2 Å². The minimum atomic E-state index is 0.0825. The Bertz CT molecular complexity index is 1250. The smallest absolute Gasteiger partial charge is 0.165 e. The van der Waals surface area contributed by atoms with Gasteiger partial charge >= 0.3 is 0 Å². The Morgan fingerprint density at radius 2 is 1.57 bits per heavy atom. The number of ketones is 1. The number of unbranched alkanes of at least 4 members (excludes halogenated alkanes) is 1. The number of rotatable bonds is 11. The molecule has 0 amide bonds. The van der Waals surface area contributed by atoms with Crippen molar-refractivity contribution < 1.29 is 28.5 Å². The number of morpholine rings is 1. The summed E-state index contributed by atoms with van der Waals surface area (Å²) < 4.78 is 27.9. The average molecular weight is 509 g/mol. The van der Waals surface area contributed by atoms with Gasteiger partial charge in [-0.2, -0.15) is 0 Å². The van der Waals surface area contributed by atoms with Crippen molar-refractivity contribution in [3.05, 3.63) is 41.6 Å². The van der Waals surface area contributed by atoms with Crippen molar-refractivity contribution >= 4 is 16.7 Å². The number of pyridine rings is 1. The van der Waals surface area contributed by atoms with Crippen molar-refractivity contribution in [2.45, 2.75) is 32.7 Å². The summed E-state index contributed by atoms with van der Waals surface area (Å²) >= 11 is 0. The first kappa shape index (κ1) is 26.7. The molecule has 0 aliphatic carbocycles. The van der Waals surface area contributed by atoms with Crippen molar-refractivity contribution in [3.8, 4) is 34.1 Å². The zero-order valence-corrected chi connectivity index (χ0v) is 22.4. The number of hydrogen-bond donors (Lipinski definition) is 0. The monoisotopic (exact) mass is 508 g/mol. The van der Waals surface area contributed by atoms with Crippen LogP contribution in [0.3, 0.4) is 0 Å². The Kier molecular flexibility index (Phi) is 8.84. The van der Waals surface area contributed by atoms with Gasteiger partial charge in [0.1, 0.15) is 0 Å². The van der Waals surface area contributed by atoms with Crippen molar-refractivity contribution in [1.29, 1.82) is 0 Å². The summed E-state index contributed by atoms with van der Waals surface area (Å²) in [6.45, 7) is 5.56. The largest absolute Gasteiger partial charge is 0.493 e. The van der Waals surface area contributed by atoms with E-state index in [1.54, 1.807) is 28.4 Å². The second-order valence-electron chi connectivity index (χ2n) is 9.02. The van der Waals surface area contributed by atoms with Gasteiger partial charge in [-0.15, -0.1) is 0 Å². The second kappa shape index (κ2) is 12.3. The second-order valence-corrected chi connectivity index (χ2v) is 9.02. The molecule has 0 bridgehead atoms. The number of methoxy groups -OCH3 is 4. The number of ether oxygens (including phenoxy) is 5. The van der Waals surface area contributed by atoms with Gasteiger partial charge in [0.05, 0.1) is 52.9 Å². The summed E-state index contributed by atoms with van der Waals surface area (Å²) in [5, 5.41) is 0.815. The maximum Gasteiger partial charge on any atom is 0.165 e. The van der Waals surface area contributed by atoms with Crippen LogP contribution in [-0.4, -0.2) is 70.4 Å². The van der Waals surface area contributed by atoms with Gasteiger partial charge in [0.15, 0.2) is 28.8 Å². The highest BCUT2D eigenvalue weighted by Gasteiger charge is 2.26. The Morgan fingerprint density at radius 3 is 2.22 bits per heavy atom. The van der Waals surface area contributed by atoms with Gasteiger partial charge in [-0.1, -0.05) is 19.4 Å². The van der Waals surface area contributed by atoms with Crippen LogP contribution in [0.25, 0.3) is 22.0 Å². The Labute approximate surface area is 218 Å². The number of aromatic nitrogens is 1. The molecule has 8 nitrogen and oxygen atoms in total. The lowest BCUT2D eigenvalue weighted by Gasteiger charge is -2.28. The molecule has 0 saturated carbocycles. The van der Waals surface area contributed by atoms with Gasteiger partial charge in [0.2, 0.25) is 0 Å². The van der Waals surface area contributed by atoms with Gasteiger partial charge in [0.25, 0.3) is 0 Å². The summed E-state index contributed by atoms with van der Waals surface area (Å²) in [6.07, 6.45) is 2.20. The first-order valence-electron chi connectivity index (χ1n) is 12.7. The molecule has 2 aromatic carbocycles. The molecule has 0 N–H and O–H groups in total. The number of carbonyl (C=O) groups is 1. The van der Waals surface area contributed by atoms with E-state index in [2.05, 4.69) is 11.8 Å². The molecule has 2 heterocycles. The van der Waals surface area contributed by atoms with E-state index in [1.165, 1.54) is 0 Å². The Balaban J connectivity index is 2.04. The highest BCUT2D eigenvalue weighted by molar-refractivity contribution is 6.11. The van der Waals surface area contributed by atoms with Crippen molar-refractivity contribution in [3.63, 3.8) is 0 Å². The molecule has 0 atom stereocenters. The predicted molar refractivity (Wildman–Crippen MR) is 143 cm³/mol. The quantitative estimate of drug-likeness (QED) is 0.330. The third kappa shape index (κ3) is 5.65. The zero-order valence-electron chi connectivity index (χ0n) is 22.4. The highest BCUT2D eigenvalue weighted by Crippen LogP contribution is 2.42. The van der Waals surface area contributed by atoms with Gasteiger partial charge in [-0.05, 0) is 30.2 Å². The number of benzene rings is 2. The molecule has 0 unspecified atom stereocenters. The molecule has 1 fully saturated rings. The fraction of sp³-hybridized carbons (Fsp3) is 0.448. The lowest BCUT2D eigenvalue weighted by atomic mass is 9.89. The highest BCUT2D eigenvalue weighted by atomic mass is 16.5. The molecule has 8 heteroatoms. The van der Waals surface area contributed by atoms with Crippen LogP contribution < -0.4 is 18.9 Å². The number of Topliss-reactive ketones (excluding diaryl/α,β-unsaturated/α-hetero) is 1. The number of nitrogens with zero attached hydrogens (tertiary/aromatic N) is 2. The molecule has 1 aliphatic heterocycles. The fourth-order valence-electron chi connectivity index (χ4n) is 4.78. The first-order chi connectivity index (χ1) is 18.0. The third-order valence-corrected chi connectivity index (χ3v) is 6.75. The molecule has 0 spiro atoms. The maximum atomic E-state index is 13.9. The Morgan fingerprint density at radius 1 is 0.919 bits per heavy atom. The lowest BCUT2D eigenvalue weighted by Crippen LogP contribution is -2.36. The zero-order chi connectivity index (χ0) is 26.4. The van der Waals surface area contributed by atoms with E-state index in [4.69, 9.17) is 28.7 Å². The minimum absolute atomic E-state index is 0.0825. The third-order valence-electron chi connectivity index (χ3n) is 6.75. The van der Waals surface area contributed by atoms with Crippen LogP contribution in [0, 0.1) is 0 Å². The van der Waals surface area contributed by atoms with Gasteiger partial charge in [-0.25, -0.2) is 0 Å². The molecule has 1 aromatic heterocycles. The summed E-state index contributed by atoms with van der Waals surface area (Å²) in [4.78, 5) is 21.2. The van der Waals surface area contributed by atoms with Crippen molar-refractivity contribution in [2.24, 2.45) is 0 Å². The van der Waals surface area contributed by atoms with E-state index in [1.807, 2.05) is 30.3 Å². The van der Waals surface area contributed by atoms with Crippen LogP contribution in [-0.2, 0) is 11.3 Å². The number of hydrogen-bond acceptors (Lipinski definition) is 8. The van der Waals surface area contributed by atoms with Gasteiger partial charge < -0.3 is 23.7 Å². The Hall–Kier alpha value is -3.36. The number of carbonyl (C=O) groups excluding carboxylic acids is 1. The SMILES string of the molecule is CCCCC(=O)c1c(CN2CCOCC2)nc2cc(OC)c(OC)cc2c1-c1ccc(OC)c(OC)c1. The summed E-state index contributed by atoms with van der Waals surface area (Å²) in [7, 11) is 6.43. The van der Waals surface area contributed by atoms with Crippen LogP contribution in [0.2, 0.25) is 0 Å². The van der Waals surface area contributed by atoms with E-state index in [0.717, 1.165) is 53.7 Å². The molecule has 1 saturated heterocycles. The molecular formula is C29H36N2O6. The molecule has 1 aliphatic rings. The summed E-state index contributed by atoms with van der Waals surface area (Å²) in [5.41, 5.74) is 3.80. The standard InChI is InChI=1S/C29H36N2O6/c1-6-7-8-23(32)29-22(18-31-11-13-37-14-12-31)30-21-17-27(36-5)26(35-4)16-20(21)28(29)19-9-10-24(33-2)25(15-19)34-3/h9-10,15-17H,6-8,11-14,18H2,1-5H3. The van der Waals surface area contributed by atoms with E-state index in [-0.39, 0.29) is 5.78 Å². The van der Waals surface area contributed by atoms with Crippen LogP contribution >= 0.6 is 0 Å². The van der Waals surface area contributed by atoms with Crippen LogP contribution in [0.15, 0.2) is 30.3 Å². The molecule has 198 valence electrons. The van der Waals surface area contributed by atoms with Gasteiger partial charge in [0, 0.05) is 48.6 Å². The number of fused-ring (bicyclic) bond motifs is 1. The normalized spacial score (nSPS) is 14.0. The summed E-state index contributed by atoms with van der Waals surface area (Å²) in [6, 6.07) is 9.52. The van der Waals surface area contributed by atoms with E-state index >= 15 is 0 Å². The van der Waals surface area contributed by atoms with E-state index in [0.29, 0.717) is 54.7 Å². The van der Waals surface area contributed by atoms with Crippen molar-refractivity contribution in [1.82, 2.24) is 9.88 Å². The fourth-order valence-corrected chi connectivity index (χ4v) is 4.78. The van der Waals surface area contributed by atoms with Crippen molar-refractivity contribution in [2.75, 3.05) is 54.7 Å². The topological polar surface area (TPSA) is 79.4 Å². The van der Waals surface area contributed by atoms with E-state index in [9.17, 15) is 4.79 Å². The molecule has 37 heavy (non-hydrogen) atoms. The lowest BCUT2D eigenvalue weighted by molar-refractivity contribution is 0.0336. The first-order valence-corrected chi connectivity index (χ1v) is 12.7. The molecule has 3 aromatic rings. The molecule has 4 rings (SSSR count). The summed E-state index contributed by atoms with van der Waals surface area (Å²) in [5.74, 6) is 2.46. The van der Waals surface area contributed by atoms with Gasteiger partial charge in [-0.3, -0.25) is 14.7 Å². The minimum Gasteiger partial charge on any atom is -0.493 e. The molecular weight excluding hydrogens is 472 g/mol. The average Bonchev–Trinajstić information content (AvgIpc) is 2.94. The van der Waals surface area contributed by atoms with Crippen LogP contribution in [0.4, 0.5) is 0 Å². The van der Waals surface area contributed by atoms with Crippen LogP contribution in [0.5, 0.6) is 23.0 Å². The predicted octanol–water partition coefficient (Wildman–Crippen LogP) is 5.14. The maximum absolute atomic E-state index is 13.9. The van der Waals surface area contributed by atoms with E-state index < -0.39 is 0 Å².